The third-order valence-electron chi connectivity index (χ3n) is 4.49. The smallest absolute Gasteiger partial charge is 0.322 e. The van der Waals surface area contributed by atoms with Crippen molar-refractivity contribution in [3.63, 3.8) is 0 Å². The van der Waals surface area contributed by atoms with Gasteiger partial charge in [0.25, 0.3) is 0 Å². The van der Waals surface area contributed by atoms with E-state index in [0.29, 0.717) is 6.42 Å². The summed E-state index contributed by atoms with van der Waals surface area (Å²) in [5.41, 5.74) is 5.61. The summed E-state index contributed by atoms with van der Waals surface area (Å²) in [6, 6.07) is -3.71. The molecule has 0 spiro atoms. The zero-order valence-electron chi connectivity index (χ0n) is 17.4. The number of hydrogen-bond acceptors (Lipinski definition) is 7. The first-order valence-electron chi connectivity index (χ1n) is 9.68. The lowest BCUT2D eigenvalue weighted by molar-refractivity contribution is -0.140. The molecule has 0 radical (unpaired) electrons. The van der Waals surface area contributed by atoms with Gasteiger partial charge in [0, 0.05) is 12.8 Å². The standard InChI is InChI=1S/C18H30N4O9/c1-3-9(2)15(18(31)20-8-14(27)28)22-17(30)11(5-7-13(25)26)21-16(29)10(19)4-6-12(23)24/h9-11,15H,3-8,19H2,1-2H3,(H,20,31)(H,21,29)(H,22,30)(H,23,24)(H,25,26)(H,27,28). The molecule has 176 valence electrons. The predicted molar refractivity (Wildman–Crippen MR) is 106 cm³/mol. The fourth-order valence-corrected chi connectivity index (χ4v) is 2.45. The molecule has 4 atom stereocenters. The van der Waals surface area contributed by atoms with Crippen molar-refractivity contribution in [2.45, 2.75) is 64.1 Å². The summed E-state index contributed by atoms with van der Waals surface area (Å²) in [5.74, 6) is -6.49. The Hall–Kier alpha value is -3.22. The number of rotatable bonds is 15. The average Bonchev–Trinajstić information content (AvgIpc) is 2.69. The second-order valence-corrected chi connectivity index (χ2v) is 7.02. The van der Waals surface area contributed by atoms with Crippen molar-refractivity contribution < 1.29 is 44.1 Å². The van der Waals surface area contributed by atoms with Crippen molar-refractivity contribution in [1.82, 2.24) is 16.0 Å². The Bertz CT molecular complexity index is 683. The maximum atomic E-state index is 12.7. The van der Waals surface area contributed by atoms with Crippen LogP contribution in [0.4, 0.5) is 0 Å². The molecule has 0 aromatic carbocycles. The minimum absolute atomic E-state index is 0.193. The topological polar surface area (TPSA) is 225 Å². The van der Waals surface area contributed by atoms with E-state index in [-0.39, 0.29) is 19.3 Å². The van der Waals surface area contributed by atoms with E-state index in [1.165, 1.54) is 0 Å². The molecule has 4 unspecified atom stereocenters. The maximum absolute atomic E-state index is 12.7. The Morgan fingerprint density at radius 1 is 0.806 bits per heavy atom. The van der Waals surface area contributed by atoms with Gasteiger partial charge in [0.1, 0.15) is 18.6 Å². The first-order valence-corrected chi connectivity index (χ1v) is 9.68. The second kappa shape index (κ2) is 13.9. The van der Waals surface area contributed by atoms with E-state index in [2.05, 4.69) is 16.0 Å². The number of nitrogens with one attached hydrogen (secondary N) is 3. The Kier molecular flexibility index (Phi) is 12.5. The lowest BCUT2D eigenvalue weighted by atomic mass is 9.97. The minimum Gasteiger partial charge on any atom is -0.481 e. The normalized spacial score (nSPS) is 14.4. The van der Waals surface area contributed by atoms with Crippen LogP contribution in [0.5, 0.6) is 0 Å². The molecule has 13 nitrogen and oxygen atoms in total. The van der Waals surface area contributed by atoms with E-state index < -0.39 is 72.6 Å². The summed E-state index contributed by atoms with van der Waals surface area (Å²) in [4.78, 5) is 69.4. The number of carbonyl (C=O) groups is 6. The lowest BCUT2D eigenvalue weighted by Crippen LogP contribution is -2.57. The summed E-state index contributed by atoms with van der Waals surface area (Å²) in [5, 5.41) is 33.2. The molecule has 0 saturated carbocycles. The zero-order valence-corrected chi connectivity index (χ0v) is 17.4. The Labute approximate surface area is 178 Å². The van der Waals surface area contributed by atoms with Crippen molar-refractivity contribution in [1.29, 1.82) is 0 Å². The molecule has 0 aromatic heterocycles. The van der Waals surface area contributed by atoms with Gasteiger partial charge in [-0.3, -0.25) is 28.8 Å². The van der Waals surface area contributed by atoms with Gasteiger partial charge in [-0.1, -0.05) is 20.3 Å². The van der Waals surface area contributed by atoms with Gasteiger partial charge in [-0.25, -0.2) is 0 Å². The summed E-state index contributed by atoms with van der Waals surface area (Å²) in [6.07, 6.45) is -0.885. The Balaban J connectivity index is 5.34. The zero-order chi connectivity index (χ0) is 24.1. The van der Waals surface area contributed by atoms with Crippen LogP contribution >= 0.6 is 0 Å². The quantitative estimate of drug-likeness (QED) is 0.150. The fourth-order valence-electron chi connectivity index (χ4n) is 2.45. The summed E-state index contributed by atoms with van der Waals surface area (Å²) in [6.45, 7) is 2.75. The third-order valence-corrected chi connectivity index (χ3v) is 4.49. The van der Waals surface area contributed by atoms with Crippen molar-refractivity contribution >= 4 is 35.6 Å². The molecule has 3 amide bonds. The number of carbonyl (C=O) groups excluding carboxylic acids is 3. The molecular formula is C18H30N4O9. The molecule has 0 saturated heterocycles. The van der Waals surface area contributed by atoms with Gasteiger partial charge in [-0.05, 0) is 18.8 Å². The van der Waals surface area contributed by atoms with Gasteiger partial charge in [-0.15, -0.1) is 0 Å². The number of carboxylic acid groups (broad SMARTS) is 3. The van der Waals surface area contributed by atoms with E-state index in [9.17, 15) is 28.8 Å². The van der Waals surface area contributed by atoms with Gasteiger partial charge in [-0.2, -0.15) is 0 Å². The second-order valence-electron chi connectivity index (χ2n) is 7.02. The van der Waals surface area contributed by atoms with E-state index in [0.717, 1.165) is 0 Å². The SMILES string of the molecule is CCC(C)C(NC(=O)C(CCC(=O)O)NC(=O)C(N)CCC(=O)O)C(=O)NCC(=O)O. The van der Waals surface area contributed by atoms with Gasteiger partial charge in [0.15, 0.2) is 0 Å². The van der Waals surface area contributed by atoms with E-state index in [4.69, 9.17) is 21.1 Å². The largest absolute Gasteiger partial charge is 0.481 e. The molecule has 0 aliphatic rings. The van der Waals surface area contributed by atoms with Crippen molar-refractivity contribution in [3.05, 3.63) is 0 Å². The summed E-state index contributed by atoms with van der Waals surface area (Å²) < 4.78 is 0. The molecule has 0 heterocycles. The Morgan fingerprint density at radius 2 is 1.35 bits per heavy atom. The first kappa shape index (κ1) is 27.8. The van der Waals surface area contributed by atoms with Crippen LogP contribution in [0.15, 0.2) is 0 Å². The molecule has 13 heteroatoms. The van der Waals surface area contributed by atoms with E-state index in [1.807, 2.05) is 0 Å². The fraction of sp³-hybridized carbons (Fsp3) is 0.667. The predicted octanol–water partition coefficient (Wildman–Crippen LogP) is -1.74. The van der Waals surface area contributed by atoms with Crippen LogP contribution < -0.4 is 21.7 Å². The molecule has 31 heavy (non-hydrogen) atoms. The third kappa shape index (κ3) is 11.5. The first-order chi connectivity index (χ1) is 14.4. The van der Waals surface area contributed by atoms with E-state index in [1.54, 1.807) is 13.8 Å². The highest BCUT2D eigenvalue weighted by molar-refractivity contribution is 5.94. The van der Waals surface area contributed by atoms with Crippen molar-refractivity contribution in [2.24, 2.45) is 11.7 Å². The van der Waals surface area contributed by atoms with Crippen LogP contribution in [-0.2, 0) is 28.8 Å². The molecule has 0 aliphatic heterocycles. The van der Waals surface area contributed by atoms with Gasteiger partial charge >= 0.3 is 17.9 Å². The van der Waals surface area contributed by atoms with Gasteiger partial charge in [0.2, 0.25) is 17.7 Å². The minimum atomic E-state index is -1.35. The highest BCUT2D eigenvalue weighted by Crippen LogP contribution is 2.10. The lowest BCUT2D eigenvalue weighted by Gasteiger charge is -2.26. The summed E-state index contributed by atoms with van der Waals surface area (Å²) in [7, 11) is 0. The molecule has 0 rings (SSSR count). The maximum Gasteiger partial charge on any atom is 0.322 e. The average molecular weight is 446 g/mol. The number of amides is 3. The molecule has 0 fully saturated rings. The van der Waals surface area contributed by atoms with Gasteiger partial charge < -0.3 is 37.0 Å². The highest BCUT2D eigenvalue weighted by Gasteiger charge is 2.31. The van der Waals surface area contributed by atoms with Crippen molar-refractivity contribution in [3.8, 4) is 0 Å². The highest BCUT2D eigenvalue weighted by atomic mass is 16.4. The number of hydrogen-bond donors (Lipinski definition) is 7. The van der Waals surface area contributed by atoms with Crippen LogP contribution in [0.1, 0.15) is 46.0 Å². The van der Waals surface area contributed by atoms with Crippen LogP contribution in [0, 0.1) is 5.92 Å². The number of nitrogens with two attached hydrogens (primary N) is 1. The number of aliphatic carboxylic acids is 3. The van der Waals surface area contributed by atoms with Crippen LogP contribution in [0.3, 0.4) is 0 Å². The van der Waals surface area contributed by atoms with Crippen molar-refractivity contribution in [2.75, 3.05) is 6.54 Å². The monoisotopic (exact) mass is 446 g/mol. The molecule has 0 aliphatic carbocycles. The molecule has 8 N–H and O–H groups in total. The van der Waals surface area contributed by atoms with Gasteiger partial charge in [0.05, 0.1) is 6.04 Å². The molecular weight excluding hydrogens is 416 g/mol. The Morgan fingerprint density at radius 3 is 1.84 bits per heavy atom. The summed E-state index contributed by atoms with van der Waals surface area (Å²) >= 11 is 0. The van der Waals surface area contributed by atoms with E-state index >= 15 is 0 Å². The van der Waals surface area contributed by atoms with Crippen LogP contribution in [-0.4, -0.2) is 75.6 Å². The molecule has 0 aromatic rings. The van der Waals surface area contributed by atoms with Crippen LogP contribution in [0.2, 0.25) is 0 Å². The van der Waals surface area contributed by atoms with Crippen LogP contribution in [0.25, 0.3) is 0 Å². The number of carboxylic acids is 3. The molecule has 0 bridgehead atoms.